The number of aliphatic carboxylic acids is 1. The minimum Gasteiger partial charge on any atom is -0.481 e. The molecule has 142 valence electrons. The number of amides is 1. The van der Waals surface area contributed by atoms with Crippen molar-refractivity contribution in [3.63, 3.8) is 0 Å². The second-order valence-corrected chi connectivity index (χ2v) is 9.30. The average Bonchev–Trinajstić information content (AvgIpc) is 3.33. The van der Waals surface area contributed by atoms with Gasteiger partial charge < -0.3 is 14.9 Å². The van der Waals surface area contributed by atoms with Gasteiger partial charge in [-0.05, 0) is 12.8 Å². The molecule has 3 fully saturated rings. The topological polar surface area (TPSA) is 86.6 Å². The Morgan fingerprint density at radius 1 is 1.19 bits per heavy atom. The molecule has 26 heavy (non-hydrogen) atoms. The van der Waals surface area contributed by atoms with Crippen molar-refractivity contribution < 1.29 is 14.7 Å². The third-order valence-corrected chi connectivity index (χ3v) is 7.53. The quantitative estimate of drug-likeness (QED) is 0.864. The molecule has 0 unspecified atom stereocenters. The Morgan fingerprint density at radius 2 is 1.92 bits per heavy atom. The molecule has 4 rings (SSSR count). The Balaban J connectivity index is 1.51. The number of aromatic nitrogens is 2. The van der Waals surface area contributed by atoms with Crippen molar-refractivity contribution in [2.24, 2.45) is 17.3 Å². The van der Waals surface area contributed by atoms with Crippen LogP contribution in [0.25, 0.3) is 0 Å². The molecule has 1 aliphatic carbocycles. The number of carboxylic acid groups (broad SMARTS) is 1. The molecule has 1 aromatic rings. The van der Waals surface area contributed by atoms with Crippen molar-refractivity contribution in [1.29, 1.82) is 0 Å². The molecule has 8 heteroatoms. The zero-order valence-corrected chi connectivity index (χ0v) is 16.2. The summed E-state index contributed by atoms with van der Waals surface area (Å²) in [7, 11) is 0. The zero-order chi connectivity index (χ0) is 18.5. The van der Waals surface area contributed by atoms with Crippen molar-refractivity contribution in [2.45, 2.75) is 45.4 Å². The lowest BCUT2D eigenvalue weighted by Crippen LogP contribution is -2.43. The monoisotopic (exact) mass is 378 g/mol. The maximum Gasteiger partial charge on any atom is 0.313 e. The summed E-state index contributed by atoms with van der Waals surface area (Å²) in [5, 5.41) is 20.3. The van der Waals surface area contributed by atoms with E-state index in [0.29, 0.717) is 32.1 Å². The SMILES string of the molecule is CC(C)c1nnc(N2C[C@H]3CN(C(=O)C4CCCC4)C[C@@]3(C(=O)O)C2)s1. The Morgan fingerprint density at radius 3 is 2.50 bits per heavy atom. The van der Waals surface area contributed by atoms with Crippen LogP contribution in [0.5, 0.6) is 0 Å². The van der Waals surface area contributed by atoms with Crippen molar-refractivity contribution in [2.75, 3.05) is 31.1 Å². The van der Waals surface area contributed by atoms with Gasteiger partial charge in [0, 0.05) is 43.9 Å². The van der Waals surface area contributed by atoms with E-state index in [1.165, 1.54) is 0 Å². The van der Waals surface area contributed by atoms with Crippen LogP contribution in [0.4, 0.5) is 5.13 Å². The lowest BCUT2D eigenvalue weighted by atomic mass is 9.81. The van der Waals surface area contributed by atoms with E-state index in [0.717, 1.165) is 35.8 Å². The first-order chi connectivity index (χ1) is 12.4. The largest absolute Gasteiger partial charge is 0.481 e. The van der Waals surface area contributed by atoms with E-state index in [2.05, 4.69) is 28.9 Å². The Kier molecular flexibility index (Phi) is 4.41. The van der Waals surface area contributed by atoms with Gasteiger partial charge in [0.1, 0.15) is 10.4 Å². The van der Waals surface area contributed by atoms with Crippen LogP contribution >= 0.6 is 11.3 Å². The number of nitrogens with zero attached hydrogens (tertiary/aromatic N) is 4. The molecule has 0 spiro atoms. The molecule has 2 aliphatic heterocycles. The molecule has 2 atom stereocenters. The Labute approximate surface area is 157 Å². The molecule has 0 aromatic carbocycles. The fourth-order valence-corrected chi connectivity index (χ4v) is 5.55. The predicted octanol–water partition coefficient (Wildman–Crippen LogP) is 2.20. The maximum absolute atomic E-state index is 12.8. The number of rotatable bonds is 4. The molecule has 1 aromatic heterocycles. The summed E-state index contributed by atoms with van der Waals surface area (Å²) in [5.41, 5.74) is -0.877. The first-order valence-electron chi connectivity index (χ1n) is 9.51. The Bertz CT molecular complexity index is 715. The number of carbonyl (C=O) groups is 2. The molecule has 3 heterocycles. The number of hydrogen-bond acceptors (Lipinski definition) is 6. The summed E-state index contributed by atoms with van der Waals surface area (Å²) in [4.78, 5) is 28.8. The standard InChI is InChI=1S/C18H26N4O3S/c1-11(2)14-19-20-17(26-14)22-8-13-7-21(9-18(13,10-22)16(24)25)15(23)12-5-3-4-6-12/h11-13H,3-10H2,1-2H3,(H,24,25)/t13-,18-/m1/s1. The van der Waals surface area contributed by atoms with Gasteiger partial charge in [0.25, 0.3) is 0 Å². The van der Waals surface area contributed by atoms with Crippen LogP contribution in [0.1, 0.15) is 50.5 Å². The lowest BCUT2D eigenvalue weighted by Gasteiger charge is -2.26. The minimum absolute atomic E-state index is 0.0447. The van der Waals surface area contributed by atoms with Crippen LogP contribution in [0.15, 0.2) is 0 Å². The number of anilines is 1. The molecule has 7 nitrogen and oxygen atoms in total. The number of fused-ring (bicyclic) bond motifs is 1. The van der Waals surface area contributed by atoms with Crippen LogP contribution in [0.2, 0.25) is 0 Å². The zero-order valence-electron chi connectivity index (χ0n) is 15.3. The molecular weight excluding hydrogens is 352 g/mol. The fraction of sp³-hybridized carbons (Fsp3) is 0.778. The highest BCUT2D eigenvalue weighted by Crippen LogP contribution is 2.46. The van der Waals surface area contributed by atoms with Crippen molar-refractivity contribution in [1.82, 2.24) is 15.1 Å². The normalized spacial score (nSPS) is 29.0. The molecule has 0 radical (unpaired) electrons. The summed E-state index contributed by atoms with van der Waals surface area (Å²) in [6.45, 7) is 6.08. The highest BCUT2D eigenvalue weighted by Gasteiger charge is 2.59. The third kappa shape index (κ3) is 2.78. The minimum atomic E-state index is -0.877. The van der Waals surface area contributed by atoms with E-state index in [1.54, 1.807) is 11.3 Å². The molecular formula is C18H26N4O3S. The smallest absolute Gasteiger partial charge is 0.313 e. The van der Waals surface area contributed by atoms with Gasteiger partial charge in [-0.25, -0.2) is 0 Å². The molecule has 1 amide bonds. The number of likely N-dealkylation sites (tertiary alicyclic amines) is 1. The van der Waals surface area contributed by atoms with Crippen molar-refractivity contribution in [3.8, 4) is 0 Å². The first kappa shape index (κ1) is 17.7. The van der Waals surface area contributed by atoms with Crippen LogP contribution in [0.3, 0.4) is 0 Å². The van der Waals surface area contributed by atoms with E-state index >= 15 is 0 Å². The first-order valence-corrected chi connectivity index (χ1v) is 10.3. The van der Waals surface area contributed by atoms with Crippen molar-refractivity contribution in [3.05, 3.63) is 5.01 Å². The van der Waals surface area contributed by atoms with Gasteiger partial charge in [-0.15, -0.1) is 10.2 Å². The highest BCUT2D eigenvalue weighted by atomic mass is 32.1. The summed E-state index contributed by atoms with van der Waals surface area (Å²) in [6, 6.07) is 0. The number of hydrogen-bond donors (Lipinski definition) is 1. The fourth-order valence-electron chi connectivity index (χ4n) is 4.70. The van der Waals surface area contributed by atoms with E-state index < -0.39 is 11.4 Å². The van der Waals surface area contributed by atoms with Gasteiger partial charge >= 0.3 is 5.97 Å². The van der Waals surface area contributed by atoms with Crippen molar-refractivity contribution >= 4 is 28.3 Å². The molecule has 1 N–H and O–H groups in total. The molecule has 1 saturated carbocycles. The Hall–Kier alpha value is -1.70. The van der Waals surface area contributed by atoms with Crippen LogP contribution in [-0.4, -0.2) is 58.3 Å². The van der Waals surface area contributed by atoms with Gasteiger partial charge in [-0.1, -0.05) is 38.0 Å². The van der Waals surface area contributed by atoms with Gasteiger partial charge in [0.05, 0.1) is 0 Å². The summed E-state index contributed by atoms with van der Waals surface area (Å²) in [6.07, 6.45) is 4.13. The van der Waals surface area contributed by atoms with E-state index in [4.69, 9.17) is 0 Å². The van der Waals surface area contributed by atoms with Gasteiger partial charge in [0.15, 0.2) is 0 Å². The van der Waals surface area contributed by atoms with E-state index in [-0.39, 0.29) is 17.7 Å². The summed E-state index contributed by atoms with van der Waals surface area (Å²) >= 11 is 1.55. The number of carbonyl (C=O) groups excluding carboxylic acids is 1. The van der Waals surface area contributed by atoms with E-state index in [9.17, 15) is 14.7 Å². The summed E-state index contributed by atoms with van der Waals surface area (Å²) in [5.74, 6) is -0.247. The highest BCUT2D eigenvalue weighted by molar-refractivity contribution is 7.15. The molecule has 2 saturated heterocycles. The second kappa shape index (κ2) is 6.48. The van der Waals surface area contributed by atoms with E-state index in [1.807, 2.05) is 4.90 Å². The van der Waals surface area contributed by atoms with Gasteiger partial charge in [-0.3, -0.25) is 9.59 Å². The number of carboxylic acids is 1. The van der Waals surface area contributed by atoms with Gasteiger partial charge in [0.2, 0.25) is 11.0 Å². The second-order valence-electron chi connectivity index (χ2n) is 8.32. The molecule has 0 bridgehead atoms. The summed E-state index contributed by atoms with van der Waals surface area (Å²) < 4.78 is 0. The predicted molar refractivity (Wildman–Crippen MR) is 98.3 cm³/mol. The van der Waals surface area contributed by atoms with Crippen LogP contribution < -0.4 is 4.90 Å². The van der Waals surface area contributed by atoms with Crippen LogP contribution in [0, 0.1) is 17.3 Å². The van der Waals surface area contributed by atoms with Crippen LogP contribution in [-0.2, 0) is 9.59 Å². The average molecular weight is 378 g/mol. The van der Waals surface area contributed by atoms with Gasteiger partial charge in [-0.2, -0.15) is 0 Å². The lowest BCUT2D eigenvalue weighted by molar-refractivity contribution is -0.148. The molecule has 3 aliphatic rings. The third-order valence-electron chi connectivity index (χ3n) is 6.25. The maximum atomic E-state index is 12.8.